The monoisotopic (exact) mass is 415 g/mol. The van der Waals surface area contributed by atoms with Crippen LogP contribution in [0.25, 0.3) is 16.7 Å². The van der Waals surface area contributed by atoms with Crippen LogP contribution in [0, 0.1) is 0 Å². The van der Waals surface area contributed by atoms with Crippen molar-refractivity contribution < 1.29 is 14.3 Å². The van der Waals surface area contributed by atoms with Crippen LogP contribution in [0.1, 0.15) is 33.8 Å². The highest BCUT2D eigenvalue weighted by Gasteiger charge is 2.30. The van der Waals surface area contributed by atoms with E-state index in [1.54, 1.807) is 20.4 Å². The van der Waals surface area contributed by atoms with Crippen molar-refractivity contribution in [3.8, 4) is 17.2 Å². The van der Waals surface area contributed by atoms with Gasteiger partial charge in [0.1, 0.15) is 0 Å². The van der Waals surface area contributed by atoms with Crippen LogP contribution in [0.4, 0.5) is 0 Å². The molecule has 2 heterocycles. The zero-order valence-electron chi connectivity index (χ0n) is 17.2. The third kappa shape index (κ3) is 3.09. The number of hydrogen-bond donors (Lipinski definition) is 1. The summed E-state index contributed by atoms with van der Waals surface area (Å²) in [5.41, 5.74) is 3.25. The Morgan fingerprint density at radius 1 is 1.00 bits per heavy atom. The Balaban J connectivity index is 1.63. The van der Waals surface area contributed by atoms with Gasteiger partial charge in [-0.3, -0.25) is 14.7 Å². The SMILES string of the molecule is COc1ccc([C@H]2CC(=O)c3cnc4[nH]n(-c5ccccc5)c(=O)c4c3C2)cc1OC. The van der Waals surface area contributed by atoms with Gasteiger partial charge in [-0.1, -0.05) is 24.3 Å². The molecule has 1 aliphatic rings. The van der Waals surface area contributed by atoms with Crippen molar-refractivity contribution in [2.75, 3.05) is 14.2 Å². The van der Waals surface area contributed by atoms with Crippen molar-refractivity contribution in [1.29, 1.82) is 0 Å². The highest BCUT2D eigenvalue weighted by molar-refractivity contribution is 6.02. The third-order valence-electron chi connectivity index (χ3n) is 5.90. The summed E-state index contributed by atoms with van der Waals surface area (Å²) in [5.74, 6) is 1.18. The van der Waals surface area contributed by atoms with Gasteiger partial charge in [0.25, 0.3) is 5.56 Å². The van der Waals surface area contributed by atoms with Crippen LogP contribution in [0.5, 0.6) is 11.5 Å². The van der Waals surface area contributed by atoms with Crippen LogP contribution in [-0.2, 0) is 6.42 Å². The summed E-state index contributed by atoms with van der Waals surface area (Å²) in [6, 6.07) is 15.0. The Morgan fingerprint density at radius 3 is 2.52 bits per heavy atom. The number of ketones is 1. The number of nitrogens with one attached hydrogen (secondary N) is 1. The van der Waals surface area contributed by atoms with E-state index in [0.717, 1.165) is 16.8 Å². The van der Waals surface area contributed by atoms with Crippen LogP contribution >= 0.6 is 0 Å². The minimum absolute atomic E-state index is 0.0118. The van der Waals surface area contributed by atoms with Crippen molar-refractivity contribution >= 4 is 16.8 Å². The second-order valence-electron chi connectivity index (χ2n) is 7.60. The number of nitrogens with zero attached hydrogens (tertiary/aromatic N) is 2. The maximum absolute atomic E-state index is 13.3. The number of aromatic amines is 1. The smallest absolute Gasteiger partial charge is 0.281 e. The zero-order valence-corrected chi connectivity index (χ0v) is 17.2. The number of Topliss-reactive ketones (excluding diaryl/α,β-unsaturated/α-hetero) is 1. The first-order chi connectivity index (χ1) is 15.1. The lowest BCUT2D eigenvalue weighted by Crippen LogP contribution is -2.22. The van der Waals surface area contributed by atoms with E-state index in [1.807, 2.05) is 48.5 Å². The number of hydrogen-bond acceptors (Lipinski definition) is 5. The predicted molar refractivity (Wildman–Crippen MR) is 117 cm³/mol. The molecule has 7 heteroatoms. The lowest BCUT2D eigenvalue weighted by molar-refractivity contribution is 0.0964. The molecule has 0 spiro atoms. The van der Waals surface area contributed by atoms with Crippen LogP contribution in [0.15, 0.2) is 59.5 Å². The molecule has 0 fully saturated rings. The van der Waals surface area contributed by atoms with Gasteiger partial charge >= 0.3 is 0 Å². The summed E-state index contributed by atoms with van der Waals surface area (Å²) in [4.78, 5) is 30.6. The molecule has 0 saturated carbocycles. The molecule has 0 bridgehead atoms. The molecular formula is C24H21N3O4. The number of aromatic nitrogens is 3. The Labute approximate surface area is 178 Å². The third-order valence-corrected chi connectivity index (χ3v) is 5.90. The number of pyridine rings is 1. The van der Waals surface area contributed by atoms with Crippen molar-refractivity contribution in [1.82, 2.24) is 14.8 Å². The van der Waals surface area contributed by atoms with Gasteiger partial charge in [0.05, 0.1) is 25.3 Å². The Hall–Kier alpha value is -3.87. The van der Waals surface area contributed by atoms with Gasteiger partial charge in [-0.15, -0.1) is 0 Å². The molecule has 2 aromatic heterocycles. The molecule has 0 saturated heterocycles. The van der Waals surface area contributed by atoms with Crippen LogP contribution in [0.3, 0.4) is 0 Å². The maximum Gasteiger partial charge on any atom is 0.281 e. The predicted octanol–water partition coefficient (Wildman–Crippen LogP) is 3.64. The van der Waals surface area contributed by atoms with Crippen molar-refractivity contribution in [2.45, 2.75) is 18.8 Å². The van der Waals surface area contributed by atoms with E-state index in [4.69, 9.17) is 9.47 Å². The summed E-state index contributed by atoms with van der Waals surface area (Å²) in [5, 5.41) is 3.55. The van der Waals surface area contributed by atoms with E-state index in [2.05, 4.69) is 10.1 Å². The molecule has 0 unspecified atom stereocenters. The molecule has 156 valence electrons. The first-order valence-corrected chi connectivity index (χ1v) is 10.0. The van der Waals surface area contributed by atoms with E-state index in [-0.39, 0.29) is 17.3 Å². The van der Waals surface area contributed by atoms with Gasteiger partial charge < -0.3 is 9.47 Å². The summed E-state index contributed by atoms with van der Waals surface area (Å²) in [7, 11) is 3.18. The molecule has 1 aliphatic carbocycles. The fourth-order valence-corrected chi connectivity index (χ4v) is 4.34. The van der Waals surface area contributed by atoms with Gasteiger partial charge in [0.15, 0.2) is 22.9 Å². The normalized spacial score (nSPS) is 15.7. The topological polar surface area (TPSA) is 86.2 Å². The average Bonchev–Trinajstić information content (AvgIpc) is 3.16. The minimum atomic E-state index is -0.202. The quantitative estimate of drug-likeness (QED) is 0.550. The van der Waals surface area contributed by atoms with E-state index >= 15 is 0 Å². The molecule has 4 aromatic rings. The van der Waals surface area contributed by atoms with Gasteiger partial charge in [0, 0.05) is 18.2 Å². The number of para-hydroxylation sites is 1. The molecular weight excluding hydrogens is 394 g/mol. The highest BCUT2D eigenvalue weighted by atomic mass is 16.5. The standard InChI is InChI=1S/C24H21N3O4/c1-30-20-9-8-14(12-21(20)31-2)15-10-17-18(19(28)11-15)13-25-23-22(17)24(29)27(26-23)16-6-4-3-5-7-16/h3-9,12-13,15H,10-11H2,1-2H3,(H,25,26)/t15-/m1/s1. The van der Waals surface area contributed by atoms with Gasteiger partial charge in [-0.2, -0.15) is 0 Å². The number of carbonyl (C=O) groups is 1. The number of H-pyrrole nitrogens is 1. The number of methoxy groups -OCH3 is 2. The van der Waals surface area contributed by atoms with E-state index in [9.17, 15) is 9.59 Å². The Morgan fingerprint density at radius 2 is 1.77 bits per heavy atom. The fourth-order valence-electron chi connectivity index (χ4n) is 4.34. The molecule has 7 nitrogen and oxygen atoms in total. The average molecular weight is 415 g/mol. The second kappa shape index (κ2) is 7.43. The van der Waals surface area contributed by atoms with Crippen molar-refractivity contribution in [3.63, 3.8) is 0 Å². The van der Waals surface area contributed by atoms with Crippen LogP contribution in [0.2, 0.25) is 0 Å². The zero-order chi connectivity index (χ0) is 21.5. The van der Waals surface area contributed by atoms with Gasteiger partial charge in [0.2, 0.25) is 0 Å². The van der Waals surface area contributed by atoms with Crippen LogP contribution in [-0.4, -0.2) is 34.8 Å². The number of fused-ring (bicyclic) bond motifs is 3. The summed E-state index contributed by atoms with van der Waals surface area (Å²) < 4.78 is 12.2. The molecule has 0 amide bonds. The summed E-state index contributed by atoms with van der Waals surface area (Å²) in [6.45, 7) is 0. The molecule has 5 rings (SSSR count). The molecule has 2 aromatic carbocycles. The van der Waals surface area contributed by atoms with E-state index in [0.29, 0.717) is 40.9 Å². The van der Waals surface area contributed by atoms with Gasteiger partial charge in [-0.05, 0) is 47.7 Å². The summed E-state index contributed by atoms with van der Waals surface area (Å²) >= 11 is 0. The van der Waals surface area contributed by atoms with Crippen LogP contribution < -0.4 is 15.0 Å². The fraction of sp³-hybridized carbons (Fsp3) is 0.208. The second-order valence-corrected chi connectivity index (χ2v) is 7.60. The first kappa shape index (κ1) is 19.1. The minimum Gasteiger partial charge on any atom is -0.493 e. The number of ether oxygens (including phenoxy) is 2. The molecule has 0 aliphatic heterocycles. The largest absolute Gasteiger partial charge is 0.493 e. The van der Waals surface area contributed by atoms with E-state index in [1.165, 1.54) is 4.68 Å². The lowest BCUT2D eigenvalue weighted by Gasteiger charge is -2.24. The van der Waals surface area contributed by atoms with E-state index < -0.39 is 0 Å². The Kier molecular flexibility index (Phi) is 4.58. The van der Waals surface area contributed by atoms with Crippen molar-refractivity contribution in [2.24, 2.45) is 0 Å². The molecule has 1 N–H and O–H groups in total. The Bertz CT molecular complexity index is 1350. The lowest BCUT2D eigenvalue weighted by atomic mass is 9.79. The first-order valence-electron chi connectivity index (χ1n) is 10.0. The van der Waals surface area contributed by atoms with Crippen molar-refractivity contribution in [3.05, 3.63) is 81.8 Å². The summed E-state index contributed by atoms with van der Waals surface area (Å²) in [6.07, 6.45) is 2.50. The highest BCUT2D eigenvalue weighted by Crippen LogP contribution is 2.38. The number of carbonyl (C=O) groups excluding carboxylic acids is 1. The number of rotatable bonds is 4. The maximum atomic E-state index is 13.3. The molecule has 1 atom stereocenters. The molecule has 0 radical (unpaired) electrons. The van der Waals surface area contributed by atoms with Gasteiger partial charge in [-0.25, -0.2) is 9.67 Å². The molecule has 31 heavy (non-hydrogen) atoms. The number of benzene rings is 2.